The Balaban J connectivity index is 2.72. The maximum absolute atomic E-state index is 12.0. The Bertz CT molecular complexity index is 323. The smallest absolute Gasteiger partial charge is 0.329 e. The predicted octanol–water partition coefficient (Wildman–Crippen LogP) is 1.19. The second kappa shape index (κ2) is 6.75. The van der Waals surface area contributed by atoms with Gasteiger partial charge in [-0.15, -0.1) is 0 Å². The highest BCUT2D eigenvalue weighted by molar-refractivity contribution is 5.86. The average Bonchev–Trinajstić information content (AvgIpc) is 2.54. The molecule has 1 atom stereocenters. The van der Waals surface area contributed by atoms with Crippen LogP contribution in [0.5, 0.6) is 0 Å². The molecule has 0 spiro atoms. The van der Waals surface area contributed by atoms with E-state index in [1.165, 1.54) is 4.90 Å². The van der Waals surface area contributed by atoms with E-state index < -0.39 is 23.6 Å². The Morgan fingerprint density at radius 1 is 1.26 bits per heavy atom. The van der Waals surface area contributed by atoms with Crippen molar-refractivity contribution < 1.29 is 19.8 Å². The van der Waals surface area contributed by atoms with Gasteiger partial charge in [0.25, 0.3) is 0 Å². The number of likely N-dealkylation sites (N-methyl/N-ethyl adjacent to an activating group) is 1. The molecule has 1 rings (SSSR count). The zero-order valence-electron chi connectivity index (χ0n) is 11.7. The monoisotopic (exact) mass is 272 g/mol. The average molecular weight is 272 g/mol. The molecule has 0 saturated heterocycles. The van der Waals surface area contributed by atoms with Gasteiger partial charge in [0, 0.05) is 13.6 Å². The molecule has 0 aliphatic heterocycles. The number of hydrogen-bond donors (Lipinski definition) is 3. The number of rotatable bonds is 4. The van der Waals surface area contributed by atoms with E-state index in [0.29, 0.717) is 12.8 Å². The van der Waals surface area contributed by atoms with E-state index in [0.717, 1.165) is 25.7 Å². The second-order valence-corrected chi connectivity index (χ2v) is 5.46. The topological polar surface area (TPSA) is 89.9 Å². The van der Waals surface area contributed by atoms with Crippen molar-refractivity contribution >= 4 is 12.0 Å². The molecule has 1 aliphatic carbocycles. The van der Waals surface area contributed by atoms with E-state index in [-0.39, 0.29) is 6.54 Å². The van der Waals surface area contributed by atoms with Gasteiger partial charge in [0.1, 0.15) is 5.54 Å². The third-order valence-corrected chi connectivity index (χ3v) is 3.60. The molecule has 1 saturated carbocycles. The lowest BCUT2D eigenvalue weighted by molar-refractivity contribution is -0.145. The van der Waals surface area contributed by atoms with Crippen molar-refractivity contribution in [1.82, 2.24) is 10.2 Å². The molecule has 6 heteroatoms. The van der Waals surface area contributed by atoms with Gasteiger partial charge in [-0.1, -0.05) is 25.7 Å². The Morgan fingerprint density at radius 3 is 2.21 bits per heavy atom. The van der Waals surface area contributed by atoms with E-state index in [2.05, 4.69) is 5.32 Å². The fourth-order valence-corrected chi connectivity index (χ4v) is 2.50. The highest BCUT2D eigenvalue weighted by atomic mass is 16.4. The van der Waals surface area contributed by atoms with Gasteiger partial charge in [-0.05, 0) is 19.8 Å². The summed E-state index contributed by atoms with van der Waals surface area (Å²) in [6.07, 6.45) is 3.95. The van der Waals surface area contributed by atoms with Crippen LogP contribution in [0.15, 0.2) is 0 Å². The van der Waals surface area contributed by atoms with Gasteiger partial charge >= 0.3 is 12.0 Å². The maximum atomic E-state index is 12.0. The van der Waals surface area contributed by atoms with Gasteiger partial charge in [0.15, 0.2) is 0 Å². The molecule has 1 aliphatic rings. The van der Waals surface area contributed by atoms with E-state index in [1.807, 2.05) is 0 Å². The van der Waals surface area contributed by atoms with Crippen LogP contribution in [0.25, 0.3) is 0 Å². The summed E-state index contributed by atoms with van der Waals surface area (Å²) < 4.78 is 0. The van der Waals surface area contributed by atoms with Crippen molar-refractivity contribution in [3.63, 3.8) is 0 Å². The molecule has 0 radical (unpaired) electrons. The van der Waals surface area contributed by atoms with Crippen LogP contribution >= 0.6 is 0 Å². The van der Waals surface area contributed by atoms with Crippen LogP contribution in [0.1, 0.15) is 45.4 Å². The third-order valence-electron chi connectivity index (χ3n) is 3.60. The normalized spacial score (nSPS) is 20.2. The first-order valence-electron chi connectivity index (χ1n) is 6.82. The predicted molar refractivity (Wildman–Crippen MR) is 70.9 cm³/mol. The summed E-state index contributed by atoms with van der Waals surface area (Å²) >= 11 is 0. The summed E-state index contributed by atoms with van der Waals surface area (Å²) in [5.74, 6) is -0.965. The lowest BCUT2D eigenvalue weighted by atomic mass is 9.90. The SMILES string of the molecule is CC(O)CN(C)C(=O)NC1(C(=O)O)CCCCCC1. The van der Waals surface area contributed by atoms with Crippen LogP contribution in [0, 0.1) is 0 Å². The maximum Gasteiger partial charge on any atom is 0.329 e. The third kappa shape index (κ3) is 4.38. The van der Waals surface area contributed by atoms with Crippen molar-refractivity contribution in [2.24, 2.45) is 0 Å². The van der Waals surface area contributed by atoms with Crippen LogP contribution < -0.4 is 5.32 Å². The van der Waals surface area contributed by atoms with Crippen molar-refractivity contribution in [3.05, 3.63) is 0 Å². The number of aliphatic hydroxyl groups excluding tert-OH is 1. The van der Waals surface area contributed by atoms with Crippen molar-refractivity contribution in [1.29, 1.82) is 0 Å². The van der Waals surface area contributed by atoms with E-state index >= 15 is 0 Å². The number of carboxylic acids is 1. The molecule has 110 valence electrons. The minimum Gasteiger partial charge on any atom is -0.480 e. The zero-order valence-corrected chi connectivity index (χ0v) is 11.7. The summed E-state index contributed by atoms with van der Waals surface area (Å²) in [6.45, 7) is 1.77. The highest BCUT2D eigenvalue weighted by Crippen LogP contribution is 2.27. The Morgan fingerprint density at radius 2 is 1.79 bits per heavy atom. The number of aliphatic carboxylic acids is 1. The van der Waals surface area contributed by atoms with Crippen molar-refractivity contribution in [2.75, 3.05) is 13.6 Å². The van der Waals surface area contributed by atoms with Gasteiger partial charge in [0.2, 0.25) is 0 Å². The number of nitrogens with one attached hydrogen (secondary N) is 1. The number of amides is 2. The largest absolute Gasteiger partial charge is 0.480 e. The molecular weight excluding hydrogens is 248 g/mol. The van der Waals surface area contributed by atoms with Gasteiger partial charge < -0.3 is 20.4 Å². The van der Waals surface area contributed by atoms with E-state index in [1.54, 1.807) is 14.0 Å². The number of urea groups is 1. The molecule has 0 aromatic carbocycles. The van der Waals surface area contributed by atoms with E-state index in [9.17, 15) is 19.8 Å². The summed E-state index contributed by atoms with van der Waals surface area (Å²) in [4.78, 5) is 24.9. The summed E-state index contributed by atoms with van der Waals surface area (Å²) in [5.41, 5.74) is -1.15. The first-order valence-corrected chi connectivity index (χ1v) is 6.82. The summed E-state index contributed by atoms with van der Waals surface area (Å²) in [6, 6.07) is -0.440. The standard InChI is InChI=1S/C13H24N2O4/c1-10(16)9-15(2)12(19)14-13(11(17)18)7-5-3-4-6-8-13/h10,16H,3-9H2,1-2H3,(H,14,19)(H,17,18). The summed E-state index contributed by atoms with van der Waals surface area (Å²) in [5, 5.41) is 21.4. The number of carbonyl (C=O) groups is 2. The van der Waals surface area contributed by atoms with Crippen LogP contribution in [0.3, 0.4) is 0 Å². The number of aliphatic hydroxyl groups is 1. The van der Waals surface area contributed by atoms with Gasteiger partial charge in [-0.3, -0.25) is 0 Å². The fraction of sp³-hybridized carbons (Fsp3) is 0.846. The molecule has 2 amide bonds. The zero-order chi connectivity index (χ0) is 14.5. The molecule has 6 nitrogen and oxygen atoms in total. The van der Waals surface area contributed by atoms with Crippen molar-refractivity contribution in [2.45, 2.75) is 57.1 Å². The number of carboxylic acid groups (broad SMARTS) is 1. The van der Waals surface area contributed by atoms with Crippen LogP contribution in [-0.4, -0.2) is 52.3 Å². The highest BCUT2D eigenvalue weighted by Gasteiger charge is 2.40. The lowest BCUT2D eigenvalue weighted by Gasteiger charge is -2.31. The van der Waals surface area contributed by atoms with Gasteiger partial charge in [-0.25, -0.2) is 9.59 Å². The minimum absolute atomic E-state index is 0.182. The Kier molecular flexibility index (Phi) is 5.60. The first-order chi connectivity index (χ1) is 8.87. The second-order valence-electron chi connectivity index (χ2n) is 5.46. The number of nitrogens with zero attached hydrogens (tertiary/aromatic N) is 1. The van der Waals surface area contributed by atoms with Crippen LogP contribution in [-0.2, 0) is 4.79 Å². The number of carbonyl (C=O) groups excluding carboxylic acids is 1. The molecule has 0 aromatic heterocycles. The van der Waals surface area contributed by atoms with Crippen LogP contribution in [0.2, 0.25) is 0 Å². The molecule has 1 fully saturated rings. The number of hydrogen-bond acceptors (Lipinski definition) is 3. The molecule has 3 N–H and O–H groups in total. The molecular formula is C13H24N2O4. The minimum atomic E-state index is -1.15. The molecule has 1 unspecified atom stereocenters. The molecule has 0 heterocycles. The van der Waals surface area contributed by atoms with Crippen LogP contribution in [0.4, 0.5) is 4.79 Å². The Hall–Kier alpha value is -1.30. The quantitative estimate of drug-likeness (QED) is 0.670. The molecule has 0 bridgehead atoms. The summed E-state index contributed by atoms with van der Waals surface area (Å²) in [7, 11) is 1.55. The van der Waals surface area contributed by atoms with E-state index in [4.69, 9.17) is 0 Å². The van der Waals surface area contributed by atoms with Gasteiger partial charge in [-0.2, -0.15) is 0 Å². The lowest BCUT2D eigenvalue weighted by Crippen LogP contribution is -2.57. The fourth-order valence-electron chi connectivity index (χ4n) is 2.50. The molecule has 19 heavy (non-hydrogen) atoms. The van der Waals surface area contributed by atoms with Gasteiger partial charge in [0.05, 0.1) is 6.10 Å². The Labute approximate surface area is 113 Å². The first kappa shape index (κ1) is 15.8. The van der Waals surface area contributed by atoms with Crippen molar-refractivity contribution in [3.8, 4) is 0 Å². The molecule has 0 aromatic rings.